The molecule has 2 aromatic rings. The summed E-state index contributed by atoms with van der Waals surface area (Å²) >= 11 is 0. The van der Waals surface area contributed by atoms with Crippen molar-refractivity contribution >= 4 is 17.3 Å². The molecule has 0 aliphatic heterocycles. The minimum Gasteiger partial charge on any atom is -0.497 e. The molecule has 5 heteroatoms. The molecule has 0 amide bonds. The fourth-order valence-electron chi connectivity index (χ4n) is 3.59. The minimum absolute atomic E-state index is 0.240. The van der Waals surface area contributed by atoms with Crippen LogP contribution in [0.2, 0.25) is 0 Å². The molecule has 0 saturated heterocycles. The second-order valence-electron chi connectivity index (χ2n) is 6.62. The molecule has 2 atom stereocenters. The van der Waals surface area contributed by atoms with Crippen molar-refractivity contribution in [3.8, 4) is 11.5 Å². The Morgan fingerprint density at radius 1 is 1.04 bits per heavy atom. The molecule has 0 aromatic heterocycles. The Kier molecular flexibility index (Phi) is 6.14. The maximum Gasteiger partial charge on any atom is 0.317 e. The Hall–Kier alpha value is -3.08. The molecule has 0 saturated carbocycles. The molecule has 0 bridgehead atoms. The van der Waals surface area contributed by atoms with Crippen LogP contribution in [0.15, 0.2) is 54.6 Å². The number of ether oxygens (including phenoxy) is 3. The summed E-state index contributed by atoms with van der Waals surface area (Å²) in [4.78, 5) is 25.5. The van der Waals surface area contributed by atoms with Crippen LogP contribution in [0.4, 0.5) is 0 Å². The normalized spacial score (nSPS) is 19.0. The van der Waals surface area contributed by atoms with E-state index in [0.29, 0.717) is 17.9 Å². The van der Waals surface area contributed by atoms with Gasteiger partial charge in [-0.25, -0.2) is 0 Å². The molecule has 1 aliphatic rings. The number of hydrogen-bond donors (Lipinski definition) is 0. The third-order valence-electron chi connectivity index (χ3n) is 4.96. The van der Waals surface area contributed by atoms with E-state index in [-0.39, 0.29) is 18.3 Å². The van der Waals surface area contributed by atoms with Gasteiger partial charge in [0.2, 0.25) is 0 Å². The highest BCUT2D eigenvalue weighted by molar-refractivity contribution is 6.10. The van der Waals surface area contributed by atoms with E-state index >= 15 is 0 Å². The Balaban J connectivity index is 2.04. The maximum absolute atomic E-state index is 12.9. The van der Waals surface area contributed by atoms with Crippen LogP contribution in [-0.2, 0) is 14.3 Å². The topological polar surface area (TPSA) is 61.8 Å². The standard InChI is InChI=1S/C23H24O5/c1-4-28-23(25)22-20(15-8-6-5-7-9-15)12-17(13-21(22)24)16-10-18(26-2)14-19(11-16)27-3/h5-11,13-14,20,22H,4,12H2,1-3H3/t20-,22+/m1/s1. The highest BCUT2D eigenvalue weighted by atomic mass is 16.5. The van der Waals surface area contributed by atoms with Crippen molar-refractivity contribution in [3.05, 3.63) is 65.7 Å². The fourth-order valence-corrected chi connectivity index (χ4v) is 3.59. The summed E-state index contributed by atoms with van der Waals surface area (Å²) in [5.41, 5.74) is 2.62. The maximum atomic E-state index is 12.9. The SMILES string of the molecule is CCOC(=O)[C@@H]1C(=O)C=C(c2cc(OC)cc(OC)c2)C[C@@H]1c1ccccc1. The zero-order valence-corrected chi connectivity index (χ0v) is 16.3. The Labute approximate surface area is 164 Å². The van der Waals surface area contributed by atoms with Gasteiger partial charge in [0.25, 0.3) is 0 Å². The number of methoxy groups -OCH3 is 2. The smallest absolute Gasteiger partial charge is 0.317 e. The summed E-state index contributed by atoms with van der Waals surface area (Å²) in [6.07, 6.45) is 2.09. The Morgan fingerprint density at radius 2 is 1.68 bits per heavy atom. The monoisotopic (exact) mass is 380 g/mol. The molecule has 0 heterocycles. The number of benzene rings is 2. The van der Waals surface area contributed by atoms with E-state index in [0.717, 1.165) is 16.7 Å². The van der Waals surface area contributed by atoms with Gasteiger partial charge in [0.1, 0.15) is 17.4 Å². The number of rotatable bonds is 6. The van der Waals surface area contributed by atoms with Crippen LogP contribution in [0.25, 0.3) is 5.57 Å². The highest BCUT2D eigenvalue weighted by Gasteiger charge is 2.39. The third kappa shape index (κ3) is 4.09. The van der Waals surface area contributed by atoms with Crippen molar-refractivity contribution in [2.45, 2.75) is 19.3 Å². The molecule has 0 N–H and O–H groups in total. The van der Waals surface area contributed by atoms with Gasteiger partial charge in [-0.3, -0.25) is 9.59 Å². The fraction of sp³-hybridized carbons (Fsp3) is 0.304. The van der Waals surface area contributed by atoms with E-state index in [9.17, 15) is 9.59 Å². The molecular weight excluding hydrogens is 356 g/mol. The largest absolute Gasteiger partial charge is 0.497 e. The van der Waals surface area contributed by atoms with Gasteiger partial charge in [-0.05, 0) is 48.3 Å². The van der Waals surface area contributed by atoms with E-state index in [2.05, 4.69) is 0 Å². The predicted octanol–water partition coefficient (Wildman–Crippen LogP) is 4.02. The Bertz CT molecular complexity index is 863. The summed E-state index contributed by atoms with van der Waals surface area (Å²) < 4.78 is 15.9. The van der Waals surface area contributed by atoms with Crippen LogP contribution < -0.4 is 9.47 Å². The molecule has 28 heavy (non-hydrogen) atoms. The summed E-state index contributed by atoms with van der Waals surface area (Å²) in [6, 6.07) is 15.1. The third-order valence-corrected chi connectivity index (χ3v) is 4.96. The molecule has 3 rings (SSSR count). The number of carbonyl (C=O) groups excluding carboxylic acids is 2. The molecular formula is C23H24O5. The molecule has 1 aliphatic carbocycles. The highest BCUT2D eigenvalue weighted by Crippen LogP contribution is 2.41. The quantitative estimate of drug-likeness (QED) is 0.559. The molecule has 146 valence electrons. The van der Waals surface area contributed by atoms with E-state index < -0.39 is 11.9 Å². The lowest BCUT2D eigenvalue weighted by Crippen LogP contribution is -2.34. The van der Waals surface area contributed by atoms with E-state index in [4.69, 9.17) is 14.2 Å². The molecule has 0 fully saturated rings. The molecule has 0 radical (unpaired) electrons. The van der Waals surface area contributed by atoms with Crippen molar-refractivity contribution in [2.24, 2.45) is 5.92 Å². The lowest BCUT2D eigenvalue weighted by molar-refractivity contribution is -0.151. The minimum atomic E-state index is -0.835. The summed E-state index contributed by atoms with van der Waals surface area (Å²) in [7, 11) is 3.17. The number of carbonyl (C=O) groups is 2. The lowest BCUT2D eigenvalue weighted by atomic mass is 9.73. The molecule has 5 nitrogen and oxygen atoms in total. The second kappa shape index (κ2) is 8.74. The zero-order valence-electron chi connectivity index (χ0n) is 16.3. The van der Waals surface area contributed by atoms with Crippen LogP contribution in [-0.4, -0.2) is 32.6 Å². The van der Waals surface area contributed by atoms with Gasteiger partial charge in [0.05, 0.1) is 20.8 Å². The van der Waals surface area contributed by atoms with Gasteiger partial charge in [0.15, 0.2) is 5.78 Å². The number of hydrogen-bond acceptors (Lipinski definition) is 5. The van der Waals surface area contributed by atoms with Crippen molar-refractivity contribution in [1.82, 2.24) is 0 Å². The van der Waals surface area contributed by atoms with E-state index in [1.807, 2.05) is 42.5 Å². The van der Waals surface area contributed by atoms with Crippen LogP contribution in [0, 0.1) is 5.92 Å². The van der Waals surface area contributed by atoms with Crippen molar-refractivity contribution in [3.63, 3.8) is 0 Å². The first-order chi connectivity index (χ1) is 13.6. The van der Waals surface area contributed by atoms with Gasteiger partial charge >= 0.3 is 5.97 Å². The number of esters is 1. The van der Waals surface area contributed by atoms with Crippen LogP contribution in [0.5, 0.6) is 11.5 Å². The van der Waals surface area contributed by atoms with Crippen molar-refractivity contribution in [2.75, 3.05) is 20.8 Å². The number of allylic oxidation sites excluding steroid dienone is 2. The summed E-state index contributed by atoms with van der Waals surface area (Å²) in [5.74, 6) is -0.545. The van der Waals surface area contributed by atoms with Gasteiger partial charge in [0, 0.05) is 12.0 Å². The average Bonchev–Trinajstić information content (AvgIpc) is 2.73. The summed E-state index contributed by atoms with van der Waals surface area (Å²) in [6.45, 7) is 1.99. The van der Waals surface area contributed by atoms with Crippen molar-refractivity contribution < 1.29 is 23.8 Å². The van der Waals surface area contributed by atoms with Crippen molar-refractivity contribution in [1.29, 1.82) is 0 Å². The zero-order chi connectivity index (χ0) is 20.1. The predicted molar refractivity (Wildman–Crippen MR) is 106 cm³/mol. The molecule has 0 unspecified atom stereocenters. The second-order valence-corrected chi connectivity index (χ2v) is 6.62. The molecule has 2 aromatic carbocycles. The van der Waals surface area contributed by atoms with Crippen LogP contribution in [0.1, 0.15) is 30.4 Å². The van der Waals surface area contributed by atoms with Crippen LogP contribution >= 0.6 is 0 Å². The lowest BCUT2D eigenvalue weighted by Gasteiger charge is -2.29. The van der Waals surface area contributed by atoms with Gasteiger partial charge in [-0.2, -0.15) is 0 Å². The first-order valence-corrected chi connectivity index (χ1v) is 9.26. The first-order valence-electron chi connectivity index (χ1n) is 9.26. The van der Waals surface area contributed by atoms with Gasteiger partial charge in [-0.1, -0.05) is 30.3 Å². The van der Waals surface area contributed by atoms with Crippen LogP contribution in [0.3, 0.4) is 0 Å². The first kappa shape index (κ1) is 19.7. The van der Waals surface area contributed by atoms with Gasteiger partial charge in [-0.15, -0.1) is 0 Å². The van der Waals surface area contributed by atoms with Gasteiger partial charge < -0.3 is 14.2 Å². The molecule has 0 spiro atoms. The Morgan fingerprint density at radius 3 is 2.25 bits per heavy atom. The van der Waals surface area contributed by atoms with E-state index in [1.54, 1.807) is 33.3 Å². The average molecular weight is 380 g/mol. The summed E-state index contributed by atoms with van der Waals surface area (Å²) in [5, 5.41) is 0. The van der Waals surface area contributed by atoms with E-state index in [1.165, 1.54) is 0 Å². The number of ketones is 1.